The molecule has 1 rings (SSSR count). The summed E-state index contributed by atoms with van der Waals surface area (Å²) in [6, 6.07) is 3.64. The van der Waals surface area contributed by atoms with E-state index in [4.69, 9.17) is 15.2 Å². The lowest BCUT2D eigenvalue weighted by molar-refractivity contribution is 0.192. The molecule has 0 spiro atoms. The highest BCUT2D eigenvalue weighted by Crippen LogP contribution is 2.19. The predicted molar refractivity (Wildman–Crippen MR) is 69.4 cm³/mol. The number of nitrogens with zero attached hydrogens (tertiary/aromatic N) is 1. The molecule has 5 heteroatoms. The average Bonchev–Trinajstić information content (AvgIpc) is 2.35. The molecule has 1 aromatic heterocycles. The van der Waals surface area contributed by atoms with Crippen LogP contribution in [0.5, 0.6) is 5.88 Å². The van der Waals surface area contributed by atoms with E-state index in [2.05, 4.69) is 10.3 Å². The number of unbranched alkanes of at least 4 members (excludes halogenated alkanes) is 2. The fraction of sp³-hybridized carbons (Fsp3) is 0.583. The van der Waals surface area contributed by atoms with Crippen LogP contribution >= 0.6 is 0 Å². The second-order valence-electron chi connectivity index (χ2n) is 3.78. The van der Waals surface area contributed by atoms with Gasteiger partial charge < -0.3 is 20.5 Å². The van der Waals surface area contributed by atoms with Crippen LogP contribution < -0.4 is 15.8 Å². The maximum absolute atomic E-state index is 5.68. The smallest absolute Gasteiger partial charge is 0.238 e. The van der Waals surface area contributed by atoms with Gasteiger partial charge in [-0.2, -0.15) is 4.98 Å². The van der Waals surface area contributed by atoms with Gasteiger partial charge in [0.15, 0.2) is 0 Å². The molecular formula is C12H21N3O2. The molecule has 0 aliphatic heterocycles. The van der Waals surface area contributed by atoms with Crippen LogP contribution in [0.2, 0.25) is 0 Å². The van der Waals surface area contributed by atoms with Gasteiger partial charge in [0.25, 0.3) is 0 Å². The van der Waals surface area contributed by atoms with Crippen molar-refractivity contribution in [3.8, 4) is 5.88 Å². The van der Waals surface area contributed by atoms with Crippen molar-refractivity contribution < 1.29 is 9.47 Å². The van der Waals surface area contributed by atoms with E-state index in [0.29, 0.717) is 11.6 Å². The molecule has 0 saturated carbocycles. The fourth-order valence-electron chi connectivity index (χ4n) is 1.48. The summed E-state index contributed by atoms with van der Waals surface area (Å²) in [4.78, 5) is 4.24. The molecule has 0 aromatic carbocycles. The number of ether oxygens (including phenoxy) is 2. The minimum atomic E-state index is 0.467. The number of rotatable bonds is 8. The van der Waals surface area contributed by atoms with Gasteiger partial charge in [-0.3, -0.25) is 0 Å². The number of pyridine rings is 1. The minimum Gasteiger partial charge on any atom is -0.479 e. The number of anilines is 2. The molecule has 0 aliphatic rings. The first kappa shape index (κ1) is 13.6. The Balaban J connectivity index is 2.27. The summed E-state index contributed by atoms with van der Waals surface area (Å²) < 4.78 is 10.0. The number of nitrogens with two attached hydrogens (primary N) is 1. The average molecular weight is 239 g/mol. The van der Waals surface area contributed by atoms with Gasteiger partial charge in [-0.05, 0) is 31.4 Å². The molecule has 0 saturated heterocycles. The zero-order valence-electron chi connectivity index (χ0n) is 10.5. The molecule has 1 aromatic rings. The maximum atomic E-state index is 5.68. The second-order valence-corrected chi connectivity index (χ2v) is 3.78. The number of hydrogen-bond acceptors (Lipinski definition) is 5. The van der Waals surface area contributed by atoms with E-state index < -0.39 is 0 Å². The number of hydrogen-bond donors (Lipinski definition) is 2. The monoisotopic (exact) mass is 239 g/mol. The van der Waals surface area contributed by atoms with E-state index in [9.17, 15) is 0 Å². The highest BCUT2D eigenvalue weighted by molar-refractivity contribution is 5.53. The molecule has 17 heavy (non-hydrogen) atoms. The summed E-state index contributed by atoms with van der Waals surface area (Å²) in [5.41, 5.74) is 6.23. The van der Waals surface area contributed by atoms with Gasteiger partial charge in [0.1, 0.15) is 5.82 Å². The van der Waals surface area contributed by atoms with Gasteiger partial charge in [-0.25, -0.2) is 0 Å². The van der Waals surface area contributed by atoms with Crippen LogP contribution in [0.3, 0.4) is 0 Å². The zero-order chi connectivity index (χ0) is 12.5. The minimum absolute atomic E-state index is 0.467. The number of nitrogens with one attached hydrogen (secondary N) is 1. The van der Waals surface area contributed by atoms with Crippen molar-refractivity contribution in [1.29, 1.82) is 0 Å². The van der Waals surface area contributed by atoms with Crippen LogP contribution in [0.1, 0.15) is 19.3 Å². The number of methoxy groups -OCH3 is 2. The van der Waals surface area contributed by atoms with Crippen molar-refractivity contribution in [2.45, 2.75) is 19.3 Å². The van der Waals surface area contributed by atoms with Crippen molar-refractivity contribution in [2.24, 2.45) is 0 Å². The van der Waals surface area contributed by atoms with Crippen molar-refractivity contribution in [3.63, 3.8) is 0 Å². The molecule has 0 atom stereocenters. The third-order valence-corrected chi connectivity index (χ3v) is 2.41. The molecule has 0 aliphatic carbocycles. The Morgan fingerprint density at radius 3 is 2.76 bits per heavy atom. The van der Waals surface area contributed by atoms with Gasteiger partial charge in [0.05, 0.1) is 12.8 Å². The number of nitrogen functional groups attached to an aromatic ring is 1. The Morgan fingerprint density at radius 2 is 2.06 bits per heavy atom. The third kappa shape index (κ3) is 4.91. The van der Waals surface area contributed by atoms with Gasteiger partial charge in [-0.1, -0.05) is 0 Å². The van der Waals surface area contributed by atoms with Crippen LogP contribution in [0.25, 0.3) is 0 Å². The fourth-order valence-corrected chi connectivity index (χ4v) is 1.48. The van der Waals surface area contributed by atoms with Crippen LogP contribution in [0.4, 0.5) is 11.5 Å². The lowest BCUT2D eigenvalue weighted by Crippen LogP contribution is -2.05. The van der Waals surface area contributed by atoms with Crippen molar-refractivity contribution in [1.82, 2.24) is 4.98 Å². The SMILES string of the molecule is COCCCCCNc1ccc(N)c(OC)n1. The Hall–Kier alpha value is -1.49. The normalized spacial score (nSPS) is 10.2. The molecule has 0 radical (unpaired) electrons. The van der Waals surface area contributed by atoms with Crippen molar-refractivity contribution in [2.75, 3.05) is 38.4 Å². The molecular weight excluding hydrogens is 218 g/mol. The van der Waals surface area contributed by atoms with Gasteiger partial charge in [0.2, 0.25) is 5.88 Å². The van der Waals surface area contributed by atoms with Crippen LogP contribution in [-0.4, -0.2) is 32.4 Å². The van der Waals surface area contributed by atoms with E-state index in [1.807, 2.05) is 6.07 Å². The summed E-state index contributed by atoms with van der Waals surface area (Å²) in [5, 5.41) is 3.24. The Kier molecular flexibility index (Phi) is 6.17. The van der Waals surface area contributed by atoms with Gasteiger partial charge in [-0.15, -0.1) is 0 Å². The quantitative estimate of drug-likeness (QED) is 0.678. The first-order valence-corrected chi connectivity index (χ1v) is 5.81. The molecule has 0 unspecified atom stereocenters. The molecule has 96 valence electrons. The molecule has 0 amide bonds. The van der Waals surface area contributed by atoms with Crippen molar-refractivity contribution >= 4 is 11.5 Å². The van der Waals surface area contributed by atoms with E-state index in [-0.39, 0.29) is 0 Å². The van der Waals surface area contributed by atoms with Crippen molar-refractivity contribution in [3.05, 3.63) is 12.1 Å². The second kappa shape index (κ2) is 7.73. The highest BCUT2D eigenvalue weighted by Gasteiger charge is 2.01. The van der Waals surface area contributed by atoms with E-state index >= 15 is 0 Å². The Labute approximate surface area is 102 Å². The van der Waals surface area contributed by atoms with Gasteiger partial charge >= 0.3 is 0 Å². The maximum Gasteiger partial charge on any atom is 0.238 e. The van der Waals surface area contributed by atoms with E-state index in [1.165, 1.54) is 0 Å². The molecule has 5 nitrogen and oxygen atoms in total. The Morgan fingerprint density at radius 1 is 1.24 bits per heavy atom. The lowest BCUT2D eigenvalue weighted by Gasteiger charge is -2.08. The summed E-state index contributed by atoms with van der Waals surface area (Å²) in [6.45, 7) is 1.72. The first-order chi connectivity index (χ1) is 8.27. The molecule has 1 heterocycles. The summed E-state index contributed by atoms with van der Waals surface area (Å²) in [5.74, 6) is 1.26. The first-order valence-electron chi connectivity index (χ1n) is 5.81. The van der Waals surface area contributed by atoms with Gasteiger partial charge in [0, 0.05) is 20.3 Å². The van der Waals surface area contributed by atoms with E-state index in [1.54, 1.807) is 20.3 Å². The largest absolute Gasteiger partial charge is 0.479 e. The standard InChI is InChI=1S/C12H21N3O2/c1-16-9-5-3-4-8-14-11-7-6-10(13)12(15-11)17-2/h6-7H,3-5,8-9,13H2,1-2H3,(H,14,15). The van der Waals surface area contributed by atoms with Crippen LogP contribution in [0, 0.1) is 0 Å². The lowest BCUT2D eigenvalue weighted by atomic mass is 10.2. The summed E-state index contributed by atoms with van der Waals surface area (Å²) in [7, 11) is 3.29. The third-order valence-electron chi connectivity index (χ3n) is 2.41. The molecule has 0 fully saturated rings. The zero-order valence-corrected chi connectivity index (χ0v) is 10.5. The summed E-state index contributed by atoms with van der Waals surface area (Å²) >= 11 is 0. The topological polar surface area (TPSA) is 69.4 Å². The number of aromatic nitrogens is 1. The molecule has 3 N–H and O–H groups in total. The molecule has 0 bridgehead atoms. The predicted octanol–water partition coefficient (Wildman–Crippen LogP) is 1.90. The van der Waals surface area contributed by atoms with Crippen LogP contribution in [0.15, 0.2) is 12.1 Å². The summed E-state index contributed by atoms with van der Waals surface area (Å²) in [6.07, 6.45) is 3.33. The van der Waals surface area contributed by atoms with Crippen LogP contribution in [-0.2, 0) is 4.74 Å². The highest BCUT2D eigenvalue weighted by atomic mass is 16.5. The van der Waals surface area contributed by atoms with E-state index in [0.717, 1.165) is 38.2 Å². The Bertz CT molecular complexity index is 332.